The monoisotopic (exact) mass is 1250 g/mol. The van der Waals surface area contributed by atoms with Crippen molar-refractivity contribution in [2.75, 3.05) is 39.6 Å². The first kappa shape index (κ1) is 83.1. The molecule has 17 nitrogen and oxygen atoms in total. The number of esters is 4. The highest BCUT2D eigenvalue weighted by Gasteiger charge is 2.30. The third-order valence-corrected chi connectivity index (χ3v) is 17.7. The summed E-state index contributed by atoms with van der Waals surface area (Å²) in [7, 11) is -9.89. The van der Waals surface area contributed by atoms with Gasteiger partial charge >= 0.3 is 39.5 Å². The van der Waals surface area contributed by atoms with Crippen LogP contribution in [0.25, 0.3) is 0 Å². The summed E-state index contributed by atoms with van der Waals surface area (Å²) in [4.78, 5) is 72.3. The number of ether oxygens (including phenoxy) is 4. The molecule has 19 heteroatoms. The van der Waals surface area contributed by atoms with Gasteiger partial charge in [0.15, 0.2) is 12.2 Å². The molecule has 3 N–H and O–H groups in total. The fraction of sp³-hybridized carbons (Fsp3) is 0.939. The Hall–Kier alpha value is -1.94. The van der Waals surface area contributed by atoms with E-state index in [4.69, 9.17) is 37.0 Å². The van der Waals surface area contributed by atoms with Gasteiger partial charge in [-0.2, -0.15) is 0 Å². The molecule has 0 aromatic heterocycles. The van der Waals surface area contributed by atoms with Crippen molar-refractivity contribution < 1.29 is 80.2 Å². The molecule has 0 amide bonds. The minimum atomic E-state index is -4.95. The average molecular weight is 1260 g/mol. The van der Waals surface area contributed by atoms with Crippen LogP contribution in [0.1, 0.15) is 319 Å². The summed E-state index contributed by atoms with van der Waals surface area (Å²) in [5.74, 6) is 0.803. The topological polar surface area (TPSA) is 237 Å². The van der Waals surface area contributed by atoms with Crippen molar-refractivity contribution in [2.24, 2.45) is 23.7 Å². The Morgan fingerprint density at radius 2 is 0.565 bits per heavy atom. The quantitative estimate of drug-likeness (QED) is 0.0222. The summed E-state index contributed by atoms with van der Waals surface area (Å²) >= 11 is 0. The van der Waals surface area contributed by atoms with E-state index in [9.17, 15) is 43.2 Å². The third kappa shape index (κ3) is 58.2. The van der Waals surface area contributed by atoms with Crippen molar-refractivity contribution in [1.82, 2.24) is 0 Å². The molecule has 0 saturated heterocycles. The first-order valence-electron chi connectivity index (χ1n) is 34.3. The number of phosphoric ester groups is 2. The highest BCUT2D eigenvalue weighted by Crippen LogP contribution is 2.45. The fourth-order valence-corrected chi connectivity index (χ4v) is 11.3. The third-order valence-electron chi connectivity index (χ3n) is 15.8. The van der Waals surface area contributed by atoms with Gasteiger partial charge in [-0.15, -0.1) is 0 Å². The smallest absolute Gasteiger partial charge is 0.462 e. The van der Waals surface area contributed by atoms with Crippen LogP contribution in [0.15, 0.2) is 0 Å². The average Bonchev–Trinajstić information content (AvgIpc) is 3.57. The van der Waals surface area contributed by atoms with Gasteiger partial charge in [0.05, 0.1) is 26.4 Å². The van der Waals surface area contributed by atoms with E-state index in [2.05, 4.69) is 55.4 Å². The molecule has 0 bridgehead atoms. The Balaban J connectivity index is 5.26. The van der Waals surface area contributed by atoms with Crippen LogP contribution in [0.4, 0.5) is 0 Å². The van der Waals surface area contributed by atoms with Crippen molar-refractivity contribution in [2.45, 2.75) is 337 Å². The van der Waals surface area contributed by atoms with E-state index in [-0.39, 0.29) is 25.7 Å². The van der Waals surface area contributed by atoms with E-state index >= 15 is 0 Å². The summed E-state index contributed by atoms with van der Waals surface area (Å²) in [5, 5.41) is 10.5. The van der Waals surface area contributed by atoms with Crippen LogP contribution in [0, 0.1) is 23.7 Å². The normalized spacial score (nSPS) is 15.0. The van der Waals surface area contributed by atoms with Crippen LogP contribution >= 0.6 is 15.6 Å². The number of carbonyl (C=O) groups excluding carboxylic acids is 4. The predicted octanol–water partition coefficient (Wildman–Crippen LogP) is 18.1. The van der Waals surface area contributed by atoms with Gasteiger partial charge in [-0.1, -0.05) is 267 Å². The lowest BCUT2D eigenvalue weighted by Crippen LogP contribution is -2.30. The largest absolute Gasteiger partial charge is 0.472 e. The summed E-state index contributed by atoms with van der Waals surface area (Å²) in [6.07, 6.45) is 36.3. The molecule has 504 valence electrons. The van der Waals surface area contributed by atoms with Crippen LogP contribution in [-0.4, -0.2) is 96.7 Å². The second-order valence-electron chi connectivity index (χ2n) is 25.3. The molecule has 0 saturated carbocycles. The van der Waals surface area contributed by atoms with Crippen LogP contribution < -0.4 is 0 Å². The maximum Gasteiger partial charge on any atom is 0.472 e. The molecule has 0 rings (SSSR count). The Morgan fingerprint density at radius 3 is 0.835 bits per heavy atom. The number of aliphatic hydroxyl groups excluding tert-OH is 1. The zero-order valence-corrected chi connectivity index (χ0v) is 57.0. The van der Waals surface area contributed by atoms with E-state index in [1.165, 1.54) is 116 Å². The molecule has 0 fully saturated rings. The minimum absolute atomic E-state index is 0.101. The second kappa shape index (κ2) is 56.1. The molecule has 0 heterocycles. The summed E-state index contributed by atoms with van der Waals surface area (Å²) in [5.41, 5.74) is 0. The van der Waals surface area contributed by atoms with Gasteiger partial charge in [-0.25, -0.2) is 9.13 Å². The molecular formula is C66H128O17P2. The van der Waals surface area contributed by atoms with Crippen LogP contribution in [0.5, 0.6) is 0 Å². The van der Waals surface area contributed by atoms with Gasteiger partial charge in [0, 0.05) is 25.7 Å². The lowest BCUT2D eigenvalue weighted by Gasteiger charge is -2.21. The van der Waals surface area contributed by atoms with Gasteiger partial charge < -0.3 is 33.8 Å². The molecule has 7 atom stereocenters. The molecular weight excluding hydrogens is 1130 g/mol. The van der Waals surface area contributed by atoms with Gasteiger partial charge in [0.25, 0.3) is 0 Å². The summed E-state index contributed by atoms with van der Waals surface area (Å²) in [6, 6.07) is 0. The van der Waals surface area contributed by atoms with Crippen molar-refractivity contribution in [3.8, 4) is 0 Å². The predicted molar refractivity (Wildman–Crippen MR) is 340 cm³/mol. The molecule has 85 heavy (non-hydrogen) atoms. The number of hydrogen-bond acceptors (Lipinski definition) is 15. The minimum Gasteiger partial charge on any atom is -0.462 e. The first-order valence-corrected chi connectivity index (χ1v) is 37.3. The fourth-order valence-electron chi connectivity index (χ4n) is 9.72. The number of aliphatic hydroxyl groups is 1. The number of phosphoric acid groups is 2. The lowest BCUT2D eigenvalue weighted by molar-refractivity contribution is -0.161. The molecule has 0 aliphatic rings. The van der Waals surface area contributed by atoms with Crippen LogP contribution in [0.2, 0.25) is 0 Å². The number of unbranched alkanes of at least 4 members (excludes halogenated alkanes) is 27. The zero-order chi connectivity index (χ0) is 63.2. The maximum atomic E-state index is 13.0. The SMILES string of the molecule is CCC(C)CCCCCCCCCCC(=O)OC[C@H](COP(=O)(O)OC[C@@H](O)COP(=O)(O)OC[C@@H](COC(=O)CCCCCCCCC(C)CC)OC(=O)CCCCCCCCC(C)C)OC(=O)CCCCCCCCCCCCCC(C)C. The van der Waals surface area contributed by atoms with Gasteiger partial charge in [-0.05, 0) is 49.4 Å². The Kier molecular flexibility index (Phi) is 54.8. The van der Waals surface area contributed by atoms with Crippen molar-refractivity contribution >= 4 is 39.5 Å². The molecule has 0 aromatic rings. The Morgan fingerprint density at radius 1 is 0.329 bits per heavy atom. The van der Waals surface area contributed by atoms with Gasteiger partial charge in [-0.3, -0.25) is 37.3 Å². The van der Waals surface area contributed by atoms with Gasteiger partial charge in [0.2, 0.25) is 0 Å². The summed E-state index contributed by atoms with van der Waals surface area (Å²) in [6.45, 7) is 14.0. The van der Waals surface area contributed by atoms with Crippen molar-refractivity contribution in [1.29, 1.82) is 0 Å². The van der Waals surface area contributed by atoms with Crippen LogP contribution in [0.3, 0.4) is 0 Å². The van der Waals surface area contributed by atoms with E-state index in [0.717, 1.165) is 114 Å². The zero-order valence-electron chi connectivity index (χ0n) is 55.2. The molecule has 0 aliphatic carbocycles. The van der Waals surface area contributed by atoms with Crippen molar-refractivity contribution in [3.63, 3.8) is 0 Å². The second-order valence-corrected chi connectivity index (χ2v) is 28.2. The van der Waals surface area contributed by atoms with Gasteiger partial charge in [0.1, 0.15) is 19.3 Å². The van der Waals surface area contributed by atoms with E-state index in [1.807, 2.05) is 0 Å². The Labute approximate surface area is 517 Å². The summed E-state index contributed by atoms with van der Waals surface area (Å²) < 4.78 is 68.1. The van der Waals surface area contributed by atoms with E-state index < -0.39 is 97.5 Å². The highest BCUT2D eigenvalue weighted by atomic mass is 31.2. The maximum absolute atomic E-state index is 13.0. The highest BCUT2D eigenvalue weighted by molar-refractivity contribution is 7.47. The Bertz CT molecular complexity index is 1700. The molecule has 0 spiro atoms. The first-order chi connectivity index (χ1) is 40.7. The molecule has 0 aliphatic heterocycles. The lowest BCUT2D eigenvalue weighted by atomic mass is 9.99. The molecule has 4 unspecified atom stereocenters. The number of hydrogen-bond donors (Lipinski definition) is 3. The molecule has 0 radical (unpaired) electrons. The van der Waals surface area contributed by atoms with E-state index in [1.54, 1.807) is 0 Å². The number of rotatable bonds is 63. The molecule has 0 aromatic carbocycles. The van der Waals surface area contributed by atoms with Crippen molar-refractivity contribution in [3.05, 3.63) is 0 Å². The van der Waals surface area contributed by atoms with Crippen LogP contribution in [-0.2, 0) is 65.4 Å². The van der Waals surface area contributed by atoms with E-state index in [0.29, 0.717) is 31.6 Å². The standard InChI is InChI=1S/C66H128O17P2/c1-9-58(7)44-36-28-19-16-17-20-30-38-46-63(68)76-52-61(82-65(70)48-40-32-21-15-13-11-12-14-18-26-34-42-56(3)4)54-80-84(72,73)78-50-60(67)51-79-85(74,75)81-55-62(83-66(71)49-41-33-24-22-27-35-43-57(5)6)53-77-64(69)47-39-31-25-23-29-37-45-59(8)10-2/h56-62,67H,9-55H2,1-8H3,(H,72,73)(H,74,75)/t58?,59?,60-,61-,62-/m1/s1. The number of carbonyl (C=O) groups is 4.